The Balaban J connectivity index is 3.14. The summed E-state index contributed by atoms with van der Waals surface area (Å²) in [6, 6.07) is 6.09. The largest absolute Gasteiger partial charge is 0.377 e. The van der Waals surface area contributed by atoms with Crippen molar-refractivity contribution in [2.75, 3.05) is 19.0 Å². The van der Waals surface area contributed by atoms with Crippen molar-refractivity contribution in [3.05, 3.63) is 29.3 Å². The summed E-state index contributed by atoms with van der Waals surface area (Å²) in [5.41, 5.74) is 3.50. The summed E-state index contributed by atoms with van der Waals surface area (Å²) in [6.45, 7) is 3.70. The number of anilines is 1. The first-order valence-corrected chi connectivity index (χ1v) is 4.77. The first-order valence-electron chi connectivity index (χ1n) is 4.77. The summed E-state index contributed by atoms with van der Waals surface area (Å²) < 4.78 is 0. The van der Waals surface area contributed by atoms with Crippen LogP contribution in [0.4, 0.5) is 5.69 Å². The molecule has 0 N–H and O–H groups in total. The molecule has 0 unspecified atom stereocenters. The average molecular weight is 191 g/mol. The minimum atomic E-state index is 0.207. The Kier molecular flexibility index (Phi) is 3.28. The first-order chi connectivity index (χ1) is 6.52. The number of hydrogen-bond acceptors (Lipinski definition) is 2. The minimum absolute atomic E-state index is 0.207. The first kappa shape index (κ1) is 10.8. The van der Waals surface area contributed by atoms with Gasteiger partial charge in [0.25, 0.3) is 0 Å². The molecular weight excluding hydrogens is 174 g/mol. The quantitative estimate of drug-likeness (QED) is 0.730. The van der Waals surface area contributed by atoms with E-state index in [2.05, 4.69) is 17.9 Å². The predicted molar refractivity (Wildman–Crippen MR) is 59.9 cm³/mol. The van der Waals surface area contributed by atoms with Crippen LogP contribution in [0.15, 0.2) is 18.2 Å². The molecule has 0 amide bonds. The predicted octanol–water partition coefficient (Wildman–Crippen LogP) is 2.19. The highest BCUT2D eigenvalue weighted by molar-refractivity contribution is 5.80. The Hall–Kier alpha value is -1.31. The van der Waals surface area contributed by atoms with Crippen molar-refractivity contribution in [3.63, 3.8) is 0 Å². The lowest BCUT2D eigenvalue weighted by Gasteiger charge is -2.19. The van der Waals surface area contributed by atoms with Gasteiger partial charge in [-0.15, -0.1) is 0 Å². The molecule has 0 radical (unpaired) electrons. The highest BCUT2D eigenvalue weighted by Crippen LogP contribution is 2.23. The maximum atomic E-state index is 11.1. The standard InChI is InChI=1S/C12H17NO/c1-9-6-5-7-11(8-10(2)14)12(9)13(3)4/h5-7H,8H2,1-4H3. The van der Waals surface area contributed by atoms with Gasteiger partial charge in [0.2, 0.25) is 0 Å². The third-order valence-electron chi connectivity index (χ3n) is 2.21. The molecule has 0 aliphatic rings. The molecule has 2 heteroatoms. The zero-order chi connectivity index (χ0) is 10.7. The molecule has 0 heterocycles. The molecule has 1 aromatic rings. The van der Waals surface area contributed by atoms with Gasteiger partial charge in [-0.25, -0.2) is 0 Å². The van der Waals surface area contributed by atoms with Gasteiger partial charge in [-0.1, -0.05) is 18.2 Å². The van der Waals surface area contributed by atoms with E-state index in [1.807, 2.05) is 26.2 Å². The van der Waals surface area contributed by atoms with Crippen LogP contribution in [0.5, 0.6) is 0 Å². The number of para-hydroxylation sites is 1. The number of carbonyl (C=O) groups is 1. The average Bonchev–Trinajstić information content (AvgIpc) is 2.01. The van der Waals surface area contributed by atoms with Crippen molar-refractivity contribution in [2.24, 2.45) is 0 Å². The topological polar surface area (TPSA) is 20.3 Å². The Morgan fingerprint density at radius 3 is 2.50 bits per heavy atom. The van der Waals surface area contributed by atoms with Gasteiger partial charge < -0.3 is 4.90 Å². The lowest BCUT2D eigenvalue weighted by molar-refractivity contribution is -0.116. The maximum Gasteiger partial charge on any atom is 0.134 e. The summed E-state index contributed by atoms with van der Waals surface area (Å²) in [6.07, 6.45) is 0.523. The molecule has 14 heavy (non-hydrogen) atoms. The van der Waals surface area contributed by atoms with E-state index >= 15 is 0 Å². The molecule has 1 aromatic carbocycles. The Labute approximate surface area is 85.5 Å². The molecule has 0 atom stereocenters. The van der Waals surface area contributed by atoms with Crippen LogP contribution in [0, 0.1) is 6.92 Å². The van der Waals surface area contributed by atoms with Gasteiger partial charge in [-0.2, -0.15) is 0 Å². The molecule has 1 rings (SSSR count). The van der Waals surface area contributed by atoms with Gasteiger partial charge in [0.05, 0.1) is 0 Å². The fourth-order valence-electron chi connectivity index (χ4n) is 1.77. The summed E-state index contributed by atoms with van der Waals surface area (Å²) >= 11 is 0. The van der Waals surface area contributed by atoms with Crippen molar-refractivity contribution in [3.8, 4) is 0 Å². The van der Waals surface area contributed by atoms with Crippen LogP contribution < -0.4 is 4.90 Å². The zero-order valence-electron chi connectivity index (χ0n) is 9.29. The number of hydrogen-bond donors (Lipinski definition) is 0. The van der Waals surface area contributed by atoms with Crippen LogP contribution >= 0.6 is 0 Å². The van der Waals surface area contributed by atoms with E-state index in [-0.39, 0.29) is 5.78 Å². The molecule has 76 valence electrons. The summed E-state index contributed by atoms with van der Waals surface area (Å²) in [5, 5.41) is 0. The fraction of sp³-hybridized carbons (Fsp3) is 0.417. The minimum Gasteiger partial charge on any atom is -0.377 e. The highest BCUT2D eigenvalue weighted by Gasteiger charge is 2.08. The fourth-order valence-corrected chi connectivity index (χ4v) is 1.77. The van der Waals surface area contributed by atoms with E-state index < -0.39 is 0 Å². The van der Waals surface area contributed by atoms with E-state index in [4.69, 9.17) is 0 Å². The van der Waals surface area contributed by atoms with Crippen LogP contribution in [0.3, 0.4) is 0 Å². The van der Waals surface area contributed by atoms with Crippen LogP contribution in [0.25, 0.3) is 0 Å². The monoisotopic (exact) mass is 191 g/mol. The van der Waals surface area contributed by atoms with Crippen molar-refractivity contribution in [1.29, 1.82) is 0 Å². The highest BCUT2D eigenvalue weighted by atomic mass is 16.1. The van der Waals surface area contributed by atoms with E-state index in [9.17, 15) is 4.79 Å². The van der Waals surface area contributed by atoms with Gasteiger partial charge in [0, 0.05) is 26.2 Å². The molecule has 0 fully saturated rings. The molecule has 0 saturated heterocycles. The Morgan fingerprint density at radius 2 is 2.00 bits per heavy atom. The number of carbonyl (C=O) groups excluding carboxylic acids is 1. The van der Waals surface area contributed by atoms with Gasteiger partial charge in [0.1, 0.15) is 5.78 Å². The van der Waals surface area contributed by atoms with Crippen molar-refractivity contribution in [1.82, 2.24) is 0 Å². The lowest BCUT2D eigenvalue weighted by Crippen LogP contribution is -2.14. The van der Waals surface area contributed by atoms with Crippen molar-refractivity contribution >= 4 is 11.5 Å². The van der Waals surface area contributed by atoms with Gasteiger partial charge in [0.15, 0.2) is 0 Å². The number of nitrogens with zero attached hydrogens (tertiary/aromatic N) is 1. The van der Waals surface area contributed by atoms with Gasteiger partial charge >= 0.3 is 0 Å². The second-order valence-electron chi connectivity index (χ2n) is 3.86. The van der Waals surface area contributed by atoms with Crippen molar-refractivity contribution in [2.45, 2.75) is 20.3 Å². The third-order valence-corrected chi connectivity index (χ3v) is 2.21. The smallest absolute Gasteiger partial charge is 0.134 e. The summed E-state index contributed by atoms with van der Waals surface area (Å²) in [4.78, 5) is 13.1. The van der Waals surface area contributed by atoms with Crippen LogP contribution in [-0.2, 0) is 11.2 Å². The van der Waals surface area contributed by atoms with Gasteiger partial charge in [-0.05, 0) is 25.0 Å². The van der Waals surface area contributed by atoms with Gasteiger partial charge in [-0.3, -0.25) is 4.79 Å². The maximum absolute atomic E-state index is 11.1. The molecule has 0 bridgehead atoms. The number of Topliss-reactive ketones (excluding diaryl/α,β-unsaturated/α-hetero) is 1. The molecule has 0 spiro atoms. The lowest BCUT2D eigenvalue weighted by atomic mass is 10.0. The number of rotatable bonds is 3. The molecule has 0 aliphatic carbocycles. The second kappa shape index (κ2) is 4.27. The summed E-state index contributed by atoms with van der Waals surface area (Å²) in [7, 11) is 4.01. The molecule has 0 aliphatic heterocycles. The van der Waals surface area contributed by atoms with Crippen molar-refractivity contribution < 1.29 is 4.79 Å². The van der Waals surface area contributed by atoms with E-state index in [0.29, 0.717) is 6.42 Å². The normalized spacial score (nSPS) is 10.0. The van der Waals surface area contributed by atoms with E-state index in [1.54, 1.807) is 6.92 Å². The van der Waals surface area contributed by atoms with Crippen LogP contribution in [0.1, 0.15) is 18.1 Å². The third kappa shape index (κ3) is 2.34. The Bertz CT molecular complexity index is 342. The molecule has 0 saturated carbocycles. The molecular formula is C12H17NO. The van der Waals surface area contributed by atoms with E-state index in [0.717, 1.165) is 5.56 Å². The van der Waals surface area contributed by atoms with E-state index in [1.165, 1.54) is 11.3 Å². The SMILES string of the molecule is CC(=O)Cc1cccc(C)c1N(C)C. The zero-order valence-corrected chi connectivity index (χ0v) is 9.29. The number of benzene rings is 1. The molecule has 0 aromatic heterocycles. The van der Waals surface area contributed by atoms with Crippen LogP contribution in [-0.4, -0.2) is 19.9 Å². The molecule has 2 nitrogen and oxygen atoms in total. The summed E-state index contributed by atoms with van der Waals surface area (Å²) in [5.74, 6) is 0.207. The van der Waals surface area contributed by atoms with Crippen LogP contribution in [0.2, 0.25) is 0 Å². The second-order valence-corrected chi connectivity index (χ2v) is 3.86. The number of ketones is 1. The number of aryl methyl sites for hydroxylation is 1. The Morgan fingerprint density at radius 1 is 1.36 bits per heavy atom.